The first kappa shape index (κ1) is 22.2. The summed E-state index contributed by atoms with van der Waals surface area (Å²) >= 11 is 0. The van der Waals surface area contributed by atoms with Crippen molar-refractivity contribution in [1.82, 2.24) is 24.3 Å². The van der Waals surface area contributed by atoms with Gasteiger partial charge < -0.3 is 5.32 Å². The molecule has 168 valence electrons. The molecule has 4 aromatic rings. The minimum Gasteiger partial charge on any atom is -0.324 e. The molecule has 3 aromatic heterocycles. The van der Waals surface area contributed by atoms with Crippen LogP contribution < -0.4 is 10.9 Å². The third kappa shape index (κ3) is 4.61. The van der Waals surface area contributed by atoms with Crippen molar-refractivity contribution in [2.24, 2.45) is 4.36 Å². The van der Waals surface area contributed by atoms with Gasteiger partial charge in [0.15, 0.2) is 17.3 Å². The van der Waals surface area contributed by atoms with Crippen molar-refractivity contribution in [2.45, 2.75) is 19.9 Å². The van der Waals surface area contributed by atoms with Gasteiger partial charge >= 0.3 is 0 Å². The summed E-state index contributed by atoms with van der Waals surface area (Å²) in [5, 5.41) is 12.4. The zero-order valence-corrected chi connectivity index (χ0v) is 19.4. The first-order valence-corrected chi connectivity index (χ1v) is 12.4. The van der Waals surface area contributed by atoms with Crippen LogP contribution in [-0.4, -0.2) is 41.0 Å². The number of benzene rings is 1. The fraction of sp³-hybridized carbons (Fsp3) is 0.227. The van der Waals surface area contributed by atoms with Gasteiger partial charge in [0.2, 0.25) is 5.95 Å². The van der Waals surface area contributed by atoms with E-state index in [1.165, 1.54) is 18.7 Å². The highest BCUT2D eigenvalue weighted by Gasteiger charge is 2.20. The van der Waals surface area contributed by atoms with Gasteiger partial charge in [-0.3, -0.25) is 4.79 Å². The molecular weight excluding hydrogens is 440 g/mol. The maximum Gasteiger partial charge on any atom is 0.278 e. The summed E-state index contributed by atoms with van der Waals surface area (Å²) in [6.45, 7) is 3.78. The number of hydrogen-bond donors (Lipinski definition) is 1. The molecule has 10 nitrogen and oxygen atoms in total. The zero-order chi connectivity index (χ0) is 23.8. The van der Waals surface area contributed by atoms with Gasteiger partial charge in [-0.2, -0.15) is 14.6 Å². The van der Waals surface area contributed by atoms with Gasteiger partial charge in [0.05, 0.1) is 11.6 Å². The van der Waals surface area contributed by atoms with Crippen LogP contribution >= 0.6 is 0 Å². The molecule has 1 aromatic carbocycles. The van der Waals surface area contributed by atoms with E-state index in [0.29, 0.717) is 33.9 Å². The maximum atomic E-state index is 13.1. The fourth-order valence-electron chi connectivity index (χ4n) is 3.31. The number of fused-ring (bicyclic) bond motifs is 1. The minimum atomic E-state index is -2.41. The molecule has 0 aliphatic heterocycles. The second kappa shape index (κ2) is 8.48. The lowest BCUT2D eigenvalue weighted by atomic mass is 10.2. The van der Waals surface area contributed by atoms with E-state index in [-0.39, 0.29) is 17.5 Å². The average Bonchev–Trinajstić information content (AvgIpc) is 3.05. The average molecular weight is 463 g/mol. The van der Waals surface area contributed by atoms with Crippen molar-refractivity contribution in [2.75, 3.05) is 17.8 Å². The van der Waals surface area contributed by atoms with E-state index in [4.69, 9.17) is 5.26 Å². The minimum absolute atomic E-state index is 0.189. The number of aromatic nitrogens is 5. The predicted molar refractivity (Wildman–Crippen MR) is 128 cm³/mol. The molecule has 0 atom stereocenters. The number of nitrogens with one attached hydrogen (secondary N) is 1. The summed E-state index contributed by atoms with van der Waals surface area (Å²) in [6.07, 6.45) is 4.54. The van der Waals surface area contributed by atoms with Crippen LogP contribution in [0.5, 0.6) is 0 Å². The Kier molecular flexibility index (Phi) is 5.69. The third-order valence-electron chi connectivity index (χ3n) is 4.63. The summed E-state index contributed by atoms with van der Waals surface area (Å²) in [4.78, 5) is 26.5. The van der Waals surface area contributed by atoms with Crippen molar-refractivity contribution < 1.29 is 4.21 Å². The van der Waals surface area contributed by atoms with E-state index in [1.807, 2.05) is 13.8 Å². The van der Waals surface area contributed by atoms with Gasteiger partial charge in [-0.05, 0) is 50.2 Å². The molecule has 0 aliphatic carbocycles. The van der Waals surface area contributed by atoms with Crippen molar-refractivity contribution >= 4 is 38.2 Å². The number of nitriles is 1. The summed E-state index contributed by atoms with van der Waals surface area (Å²) in [5.41, 5.74) is 1.37. The Morgan fingerprint density at radius 2 is 1.85 bits per heavy atom. The molecule has 0 fully saturated rings. The Hall–Kier alpha value is -4.04. The summed E-state index contributed by atoms with van der Waals surface area (Å²) in [6, 6.07) is 13.9. The number of pyridine rings is 1. The first-order chi connectivity index (χ1) is 15.7. The number of hydrogen-bond acceptors (Lipinski definition) is 8. The SMILES string of the molecule is CC(C)n1c(=O)c2cnc(Nc3ccc(C#N)cc3)nc2n1-c1cccc(N=S(C)(C)=O)n1. The van der Waals surface area contributed by atoms with E-state index in [1.54, 1.807) is 51.8 Å². The molecule has 0 spiro atoms. The fourth-order valence-corrected chi connectivity index (χ4v) is 3.86. The molecule has 0 saturated carbocycles. The van der Waals surface area contributed by atoms with Crippen LogP contribution in [0.3, 0.4) is 0 Å². The number of rotatable bonds is 5. The third-order valence-corrected chi connectivity index (χ3v) is 5.26. The maximum absolute atomic E-state index is 13.1. The van der Waals surface area contributed by atoms with E-state index in [9.17, 15) is 9.00 Å². The van der Waals surface area contributed by atoms with Gasteiger partial charge in [-0.1, -0.05) is 6.07 Å². The van der Waals surface area contributed by atoms with E-state index < -0.39 is 9.73 Å². The molecule has 4 rings (SSSR count). The molecule has 0 aliphatic rings. The van der Waals surface area contributed by atoms with Crippen LogP contribution in [0.2, 0.25) is 0 Å². The number of nitrogens with zero attached hydrogens (tertiary/aromatic N) is 7. The lowest BCUT2D eigenvalue weighted by molar-refractivity contribution is 0.472. The quantitative estimate of drug-likeness (QED) is 0.480. The van der Waals surface area contributed by atoms with Crippen LogP contribution in [0.25, 0.3) is 16.9 Å². The molecule has 0 amide bonds. The van der Waals surface area contributed by atoms with Crippen molar-refractivity contribution in [1.29, 1.82) is 5.26 Å². The second-order valence-electron chi connectivity index (χ2n) is 7.93. The predicted octanol–water partition coefficient (Wildman–Crippen LogP) is 3.53. The molecule has 0 saturated heterocycles. The van der Waals surface area contributed by atoms with Gasteiger partial charge in [0.1, 0.15) is 5.39 Å². The van der Waals surface area contributed by atoms with Crippen LogP contribution in [0.1, 0.15) is 25.5 Å². The first-order valence-electron chi connectivity index (χ1n) is 10.1. The molecule has 0 bridgehead atoms. The molecule has 1 N–H and O–H groups in total. The highest BCUT2D eigenvalue weighted by Crippen LogP contribution is 2.22. The summed E-state index contributed by atoms with van der Waals surface area (Å²) in [7, 11) is -2.41. The van der Waals surface area contributed by atoms with E-state index in [0.717, 1.165) is 0 Å². The molecular formula is C22H22N8O2S. The standard InChI is InChI=1S/C22H22N8O2S/c1-14(2)29-21(31)17-13-24-22(25-16-10-8-15(12-23)9-11-16)27-20(17)30(29)19-7-5-6-18(26-19)28-33(3,4)32/h5-11,13-14H,1-4H3,(H,24,25,27). The Bertz CT molecular complexity index is 1560. The molecule has 33 heavy (non-hydrogen) atoms. The molecule has 0 unspecified atom stereocenters. The highest BCUT2D eigenvalue weighted by molar-refractivity contribution is 7.92. The van der Waals surface area contributed by atoms with Crippen molar-refractivity contribution in [3.63, 3.8) is 0 Å². The van der Waals surface area contributed by atoms with Gasteiger partial charge in [-0.15, -0.1) is 0 Å². The molecule has 11 heteroatoms. The Morgan fingerprint density at radius 1 is 1.12 bits per heavy atom. The van der Waals surface area contributed by atoms with Crippen LogP contribution in [-0.2, 0) is 9.73 Å². The van der Waals surface area contributed by atoms with Crippen molar-refractivity contribution in [3.8, 4) is 11.9 Å². The lowest BCUT2D eigenvalue weighted by Crippen LogP contribution is -2.24. The smallest absolute Gasteiger partial charge is 0.278 e. The molecule has 0 radical (unpaired) electrons. The largest absolute Gasteiger partial charge is 0.324 e. The normalized spacial score (nSPS) is 11.5. The van der Waals surface area contributed by atoms with Crippen LogP contribution in [0.4, 0.5) is 17.5 Å². The van der Waals surface area contributed by atoms with Crippen LogP contribution in [0.15, 0.2) is 57.8 Å². The topological polar surface area (TPSA) is 131 Å². The van der Waals surface area contributed by atoms with E-state index in [2.05, 4.69) is 30.7 Å². The lowest BCUT2D eigenvalue weighted by Gasteiger charge is -2.14. The second-order valence-corrected chi connectivity index (χ2v) is 10.5. The van der Waals surface area contributed by atoms with Gasteiger partial charge in [-0.25, -0.2) is 23.5 Å². The van der Waals surface area contributed by atoms with Gasteiger partial charge in [0, 0.05) is 40.2 Å². The Labute approximate surface area is 190 Å². The Morgan fingerprint density at radius 3 is 2.48 bits per heavy atom. The zero-order valence-electron chi connectivity index (χ0n) is 18.6. The van der Waals surface area contributed by atoms with Crippen LogP contribution in [0, 0.1) is 11.3 Å². The summed E-state index contributed by atoms with van der Waals surface area (Å²) in [5.74, 6) is 1.01. The monoisotopic (exact) mass is 462 g/mol. The number of anilines is 2. The summed E-state index contributed by atoms with van der Waals surface area (Å²) < 4.78 is 19.5. The van der Waals surface area contributed by atoms with Crippen molar-refractivity contribution in [3.05, 3.63) is 64.6 Å². The Balaban J connectivity index is 1.89. The molecule has 3 heterocycles. The highest BCUT2D eigenvalue weighted by atomic mass is 32.2. The van der Waals surface area contributed by atoms with E-state index >= 15 is 0 Å². The van der Waals surface area contributed by atoms with Gasteiger partial charge in [0.25, 0.3) is 5.56 Å².